The number of carbonyl (C=O) groups excluding carboxylic acids is 1. The van der Waals surface area contributed by atoms with Crippen molar-refractivity contribution >= 4 is 12.0 Å². The van der Waals surface area contributed by atoms with Crippen LogP contribution in [0.2, 0.25) is 0 Å². The Morgan fingerprint density at radius 3 is 2.64 bits per heavy atom. The lowest BCUT2D eigenvalue weighted by atomic mass is 9.84. The van der Waals surface area contributed by atoms with Crippen molar-refractivity contribution in [2.45, 2.75) is 38.1 Å². The molecule has 6 nitrogen and oxygen atoms in total. The van der Waals surface area contributed by atoms with E-state index in [-0.39, 0.29) is 23.8 Å². The monoisotopic (exact) mass is 308 g/mol. The van der Waals surface area contributed by atoms with Crippen molar-refractivity contribution in [3.63, 3.8) is 0 Å². The van der Waals surface area contributed by atoms with Gasteiger partial charge in [-0.25, -0.2) is 4.79 Å². The van der Waals surface area contributed by atoms with Gasteiger partial charge in [-0.2, -0.15) is 0 Å². The Morgan fingerprint density at radius 2 is 1.95 bits per heavy atom. The van der Waals surface area contributed by atoms with Crippen LogP contribution in [0, 0.1) is 5.92 Å². The molecule has 0 radical (unpaired) electrons. The van der Waals surface area contributed by atoms with E-state index in [1.165, 1.54) is 30.4 Å². The highest BCUT2D eigenvalue weighted by Crippen LogP contribution is 2.27. The van der Waals surface area contributed by atoms with Crippen molar-refractivity contribution in [3.8, 4) is 11.5 Å². The molecule has 0 aliphatic heterocycles. The largest absolute Gasteiger partial charge is 0.504 e. The topological polar surface area (TPSA) is 107 Å². The van der Waals surface area contributed by atoms with E-state index in [0.717, 1.165) is 0 Å². The van der Waals surface area contributed by atoms with Gasteiger partial charge in [-0.3, -0.25) is 0 Å². The second kappa shape index (κ2) is 6.81. The van der Waals surface area contributed by atoms with Gasteiger partial charge >= 0.3 is 5.97 Å². The summed E-state index contributed by atoms with van der Waals surface area (Å²) in [6, 6.07) is 4.14. The van der Waals surface area contributed by atoms with E-state index < -0.39 is 24.3 Å². The first-order valence-corrected chi connectivity index (χ1v) is 7.13. The lowest BCUT2D eigenvalue weighted by molar-refractivity contribution is -0.159. The van der Waals surface area contributed by atoms with Gasteiger partial charge in [0, 0.05) is 12.5 Å². The fraction of sp³-hybridized carbons (Fsp3) is 0.438. The maximum Gasteiger partial charge on any atom is 0.331 e. The van der Waals surface area contributed by atoms with Crippen LogP contribution in [0.3, 0.4) is 0 Å². The number of aromatic hydroxyl groups is 2. The quantitative estimate of drug-likeness (QED) is 0.379. The van der Waals surface area contributed by atoms with Crippen LogP contribution in [0.15, 0.2) is 24.3 Å². The predicted octanol–water partition coefficient (Wildman–Crippen LogP) is 1.17. The Morgan fingerprint density at radius 1 is 1.23 bits per heavy atom. The fourth-order valence-corrected chi connectivity index (χ4v) is 2.55. The first-order chi connectivity index (χ1) is 10.4. The van der Waals surface area contributed by atoms with Gasteiger partial charge in [0.25, 0.3) is 0 Å². The highest BCUT2D eigenvalue weighted by atomic mass is 16.6. The molecule has 0 bridgehead atoms. The zero-order valence-corrected chi connectivity index (χ0v) is 12.2. The summed E-state index contributed by atoms with van der Waals surface area (Å²) in [7, 11) is 0. The van der Waals surface area contributed by atoms with Crippen LogP contribution >= 0.6 is 0 Å². The molecular weight excluding hydrogens is 288 g/mol. The lowest BCUT2D eigenvalue weighted by Crippen LogP contribution is -2.44. The number of benzene rings is 1. The van der Waals surface area contributed by atoms with Crippen molar-refractivity contribution in [1.29, 1.82) is 0 Å². The third-order valence-electron chi connectivity index (χ3n) is 3.79. The first-order valence-electron chi connectivity index (χ1n) is 7.13. The van der Waals surface area contributed by atoms with Crippen LogP contribution in [-0.4, -0.2) is 44.7 Å². The van der Waals surface area contributed by atoms with Crippen LogP contribution in [0.4, 0.5) is 0 Å². The molecule has 0 unspecified atom stereocenters. The predicted molar refractivity (Wildman–Crippen MR) is 79.1 cm³/mol. The van der Waals surface area contributed by atoms with Crippen LogP contribution in [-0.2, 0) is 9.53 Å². The summed E-state index contributed by atoms with van der Waals surface area (Å²) in [5, 5.41) is 38.2. The molecule has 1 aliphatic rings. The Balaban J connectivity index is 1.97. The molecule has 1 saturated carbocycles. The molecule has 0 aromatic heterocycles. The molecule has 0 amide bonds. The number of hydrogen-bond donors (Lipinski definition) is 4. The Kier molecular flexibility index (Phi) is 5.05. The summed E-state index contributed by atoms with van der Waals surface area (Å²) < 4.78 is 5.17. The van der Waals surface area contributed by atoms with Crippen molar-refractivity contribution in [1.82, 2.24) is 0 Å². The van der Waals surface area contributed by atoms with E-state index in [1.54, 1.807) is 6.92 Å². The van der Waals surface area contributed by atoms with Gasteiger partial charge in [0.15, 0.2) is 11.5 Å². The molecule has 120 valence electrons. The summed E-state index contributed by atoms with van der Waals surface area (Å²) in [5.41, 5.74) is 0.518. The zero-order chi connectivity index (χ0) is 16.3. The van der Waals surface area contributed by atoms with Crippen molar-refractivity contribution in [3.05, 3.63) is 29.8 Å². The standard InChI is InChI=1S/C16H20O6/c1-9-6-11(17)8-14(16(9)21)22-15(20)5-3-10-2-4-12(18)13(19)7-10/h2-5,7,9,11,14,16-19,21H,6,8H2,1H3/b5-3+/t9-,11+,14-,16-/m0/s1. The molecule has 4 atom stereocenters. The number of carbonyl (C=O) groups is 1. The third kappa shape index (κ3) is 3.99. The average Bonchev–Trinajstić information content (AvgIpc) is 2.45. The normalized spacial score (nSPS) is 28.7. The number of hydrogen-bond acceptors (Lipinski definition) is 6. The Labute approximate surface area is 128 Å². The highest BCUT2D eigenvalue weighted by Gasteiger charge is 2.35. The molecule has 22 heavy (non-hydrogen) atoms. The van der Waals surface area contributed by atoms with Gasteiger partial charge in [0.1, 0.15) is 6.10 Å². The highest BCUT2D eigenvalue weighted by molar-refractivity contribution is 5.87. The molecule has 2 rings (SSSR count). The van der Waals surface area contributed by atoms with Gasteiger partial charge in [-0.1, -0.05) is 13.0 Å². The molecule has 6 heteroatoms. The minimum Gasteiger partial charge on any atom is -0.504 e. The molecule has 0 heterocycles. The van der Waals surface area contributed by atoms with E-state index in [4.69, 9.17) is 4.74 Å². The van der Waals surface area contributed by atoms with Crippen LogP contribution < -0.4 is 0 Å². The summed E-state index contributed by atoms with van der Waals surface area (Å²) in [6.07, 6.45) is 1.18. The summed E-state index contributed by atoms with van der Waals surface area (Å²) in [6.45, 7) is 1.79. The Hall–Kier alpha value is -2.05. The van der Waals surface area contributed by atoms with Gasteiger partial charge in [0.2, 0.25) is 0 Å². The second-order valence-electron chi connectivity index (χ2n) is 5.65. The average molecular weight is 308 g/mol. The summed E-state index contributed by atoms with van der Waals surface area (Å²) >= 11 is 0. The van der Waals surface area contributed by atoms with Crippen molar-refractivity contribution in [2.75, 3.05) is 0 Å². The van der Waals surface area contributed by atoms with Gasteiger partial charge < -0.3 is 25.2 Å². The molecule has 1 fully saturated rings. The van der Waals surface area contributed by atoms with E-state index in [1.807, 2.05) is 0 Å². The first kappa shape index (κ1) is 16.3. The minimum absolute atomic E-state index is 0.139. The zero-order valence-electron chi connectivity index (χ0n) is 12.2. The SMILES string of the molecule is C[C@H]1C[C@@H](O)C[C@H](OC(=O)/C=C/c2ccc(O)c(O)c2)[C@H]1O. The van der Waals surface area contributed by atoms with Gasteiger partial charge in [0.05, 0.1) is 12.2 Å². The molecular formula is C16H20O6. The van der Waals surface area contributed by atoms with Gasteiger partial charge in [-0.15, -0.1) is 0 Å². The van der Waals surface area contributed by atoms with E-state index in [2.05, 4.69) is 0 Å². The number of phenolic OH excluding ortho intramolecular Hbond substituents is 2. The molecule has 0 spiro atoms. The number of aliphatic hydroxyl groups is 2. The molecule has 1 aromatic rings. The molecule has 1 aromatic carbocycles. The van der Waals surface area contributed by atoms with Crippen LogP contribution in [0.25, 0.3) is 6.08 Å². The maximum atomic E-state index is 11.8. The third-order valence-corrected chi connectivity index (χ3v) is 3.79. The number of esters is 1. The second-order valence-corrected chi connectivity index (χ2v) is 5.65. The minimum atomic E-state index is -0.793. The molecule has 0 saturated heterocycles. The van der Waals surface area contributed by atoms with E-state index >= 15 is 0 Å². The Bertz CT molecular complexity index is 568. The summed E-state index contributed by atoms with van der Waals surface area (Å²) in [5.74, 6) is -1.30. The summed E-state index contributed by atoms with van der Waals surface area (Å²) in [4.78, 5) is 11.8. The van der Waals surface area contributed by atoms with Crippen LogP contribution in [0.1, 0.15) is 25.3 Å². The van der Waals surface area contributed by atoms with E-state index in [0.29, 0.717) is 12.0 Å². The van der Waals surface area contributed by atoms with Crippen molar-refractivity contribution < 1.29 is 30.0 Å². The van der Waals surface area contributed by atoms with E-state index in [9.17, 15) is 25.2 Å². The van der Waals surface area contributed by atoms with Gasteiger partial charge in [-0.05, 0) is 36.1 Å². The lowest BCUT2D eigenvalue weighted by Gasteiger charge is -2.34. The smallest absolute Gasteiger partial charge is 0.331 e. The van der Waals surface area contributed by atoms with Crippen LogP contribution in [0.5, 0.6) is 11.5 Å². The number of phenols is 2. The molecule has 1 aliphatic carbocycles. The fourth-order valence-electron chi connectivity index (χ4n) is 2.55. The van der Waals surface area contributed by atoms with Crippen molar-refractivity contribution in [2.24, 2.45) is 5.92 Å². The molecule has 4 N–H and O–H groups in total. The number of aliphatic hydroxyl groups excluding tert-OH is 2. The number of ether oxygens (including phenoxy) is 1. The number of rotatable bonds is 3. The maximum absolute atomic E-state index is 11.8.